The normalized spacial score (nSPS) is 9.33. The topological polar surface area (TPSA) is 43.3 Å². The van der Waals surface area contributed by atoms with Gasteiger partial charge in [-0.2, -0.15) is 0 Å². The van der Waals surface area contributed by atoms with Crippen LogP contribution in [0.4, 0.5) is 0 Å². The van der Waals surface area contributed by atoms with Gasteiger partial charge in [0.1, 0.15) is 0 Å². The van der Waals surface area contributed by atoms with E-state index in [1.54, 1.807) is 0 Å². The van der Waals surface area contributed by atoms with Crippen LogP contribution in [-0.2, 0) is 0 Å². The van der Waals surface area contributed by atoms with Gasteiger partial charge in [-0.25, -0.2) is 0 Å². The van der Waals surface area contributed by atoms with E-state index in [0.29, 0.717) is 11.8 Å². The van der Waals surface area contributed by atoms with Crippen LogP contribution in [-0.4, -0.2) is 5.26 Å². The van der Waals surface area contributed by atoms with Crippen LogP contribution in [0, 0.1) is 0 Å². The standard InChI is InChI=1S/C12H18.K.H2O2/c1-9(2)11-7-5-6-8-12(11)10(3)4;;1-2/h5-10H,1-4H3;;1-2H/q;+1;/p-1. The van der Waals surface area contributed by atoms with Crippen molar-refractivity contribution >= 4 is 0 Å². The minimum Gasteiger partial charge on any atom is -0.727 e. The minimum absolute atomic E-state index is 0. The van der Waals surface area contributed by atoms with Crippen molar-refractivity contribution < 1.29 is 61.9 Å². The Labute approximate surface area is 135 Å². The number of hydrogen-bond donors (Lipinski definition) is 1. The van der Waals surface area contributed by atoms with E-state index < -0.39 is 0 Å². The van der Waals surface area contributed by atoms with Crippen LogP contribution in [0.25, 0.3) is 0 Å². The van der Waals surface area contributed by atoms with E-state index in [1.807, 2.05) is 0 Å². The first kappa shape index (κ1) is 18.1. The van der Waals surface area contributed by atoms with Gasteiger partial charge in [0.25, 0.3) is 0 Å². The summed E-state index contributed by atoms with van der Waals surface area (Å²) in [5.74, 6) is 1.28. The van der Waals surface area contributed by atoms with Crippen molar-refractivity contribution in [2.45, 2.75) is 39.5 Å². The van der Waals surface area contributed by atoms with E-state index in [9.17, 15) is 0 Å². The Bertz CT molecular complexity index is 233. The first-order valence-corrected chi connectivity index (χ1v) is 4.90. The van der Waals surface area contributed by atoms with Gasteiger partial charge < -0.3 is 10.5 Å². The van der Waals surface area contributed by atoms with Crippen molar-refractivity contribution in [3.05, 3.63) is 35.4 Å². The molecule has 1 N–H and O–H groups in total. The predicted molar refractivity (Wildman–Crippen MR) is 57.2 cm³/mol. The van der Waals surface area contributed by atoms with E-state index in [1.165, 1.54) is 11.1 Å². The molecular formula is C12H19KO2. The number of rotatable bonds is 2. The third-order valence-electron chi connectivity index (χ3n) is 2.24. The summed E-state index contributed by atoms with van der Waals surface area (Å²) in [6.45, 7) is 9.00. The summed E-state index contributed by atoms with van der Waals surface area (Å²) in [5.41, 5.74) is 2.99. The van der Waals surface area contributed by atoms with E-state index in [-0.39, 0.29) is 51.4 Å². The summed E-state index contributed by atoms with van der Waals surface area (Å²) in [5, 5.41) is 13.0. The van der Waals surface area contributed by atoms with Crippen LogP contribution in [0.2, 0.25) is 0 Å². The number of hydrogen-bond acceptors (Lipinski definition) is 2. The molecule has 15 heavy (non-hydrogen) atoms. The van der Waals surface area contributed by atoms with Gasteiger partial charge >= 0.3 is 51.4 Å². The van der Waals surface area contributed by atoms with Gasteiger partial charge in [-0.15, -0.1) is 0 Å². The molecule has 0 saturated heterocycles. The molecule has 0 aliphatic heterocycles. The molecule has 3 heteroatoms. The molecule has 1 aromatic rings. The molecule has 1 rings (SSSR count). The van der Waals surface area contributed by atoms with Crippen LogP contribution >= 0.6 is 0 Å². The average Bonchev–Trinajstić information content (AvgIpc) is 2.20. The van der Waals surface area contributed by atoms with Crippen LogP contribution < -0.4 is 56.6 Å². The molecule has 1 aromatic carbocycles. The second-order valence-electron chi connectivity index (χ2n) is 3.94. The molecule has 0 radical (unpaired) electrons. The molecule has 80 valence electrons. The van der Waals surface area contributed by atoms with E-state index in [0.717, 1.165) is 0 Å². The van der Waals surface area contributed by atoms with Crippen LogP contribution in [0.3, 0.4) is 0 Å². The zero-order valence-electron chi connectivity index (χ0n) is 10.3. The van der Waals surface area contributed by atoms with Gasteiger partial charge in [0, 0.05) is 0 Å². The van der Waals surface area contributed by atoms with Crippen LogP contribution in [0.1, 0.15) is 50.7 Å². The first-order chi connectivity index (χ1) is 6.63. The summed E-state index contributed by atoms with van der Waals surface area (Å²) in [6, 6.07) is 8.72. The fraction of sp³-hybridized carbons (Fsp3) is 0.500. The molecule has 0 saturated carbocycles. The molecule has 0 amide bonds. The first-order valence-electron chi connectivity index (χ1n) is 4.90. The molecule has 0 aliphatic carbocycles. The minimum atomic E-state index is 0. The molecule has 0 fully saturated rings. The quantitative estimate of drug-likeness (QED) is 0.436. The molecular weight excluding hydrogens is 215 g/mol. The Kier molecular flexibility index (Phi) is 12.1. The third kappa shape index (κ3) is 6.17. The Hall–Kier alpha value is 0.776. The van der Waals surface area contributed by atoms with Crippen molar-refractivity contribution in [3.8, 4) is 0 Å². The molecule has 0 aromatic heterocycles. The number of benzene rings is 1. The third-order valence-corrected chi connectivity index (χ3v) is 2.24. The van der Waals surface area contributed by atoms with Gasteiger partial charge in [0.2, 0.25) is 0 Å². The fourth-order valence-electron chi connectivity index (χ4n) is 1.56. The summed E-state index contributed by atoms with van der Waals surface area (Å²) in [4.78, 5) is 0. The second kappa shape index (κ2) is 9.96. The summed E-state index contributed by atoms with van der Waals surface area (Å²) in [7, 11) is 0. The van der Waals surface area contributed by atoms with Crippen molar-refractivity contribution in [3.63, 3.8) is 0 Å². The Morgan fingerprint density at radius 2 is 1.13 bits per heavy atom. The van der Waals surface area contributed by atoms with E-state index in [2.05, 4.69) is 52.0 Å². The fourth-order valence-corrected chi connectivity index (χ4v) is 1.56. The van der Waals surface area contributed by atoms with Gasteiger partial charge in [-0.1, -0.05) is 52.0 Å². The van der Waals surface area contributed by atoms with Crippen LogP contribution in [0.15, 0.2) is 24.3 Å². The Morgan fingerprint density at radius 3 is 1.33 bits per heavy atom. The zero-order valence-corrected chi connectivity index (χ0v) is 13.4. The second-order valence-corrected chi connectivity index (χ2v) is 3.94. The average molecular weight is 234 g/mol. The van der Waals surface area contributed by atoms with Crippen molar-refractivity contribution in [2.24, 2.45) is 0 Å². The van der Waals surface area contributed by atoms with Crippen molar-refractivity contribution in [1.29, 1.82) is 0 Å². The maximum absolute atomic E-state index is 7.25. The molecule has 0 atom stereocenters. The molecule has 0 spiro atoms. The molecule has 2 nitrogen and oxygen atoms in total. The van der Waals surface area contributed by atoms with Gasteiger partial charge in [0.05, 0.1) is 0 Å². The predicted octanol–water partition coefficient (Wildman–Crippen LogP) is -0.243. The zero-order chi connectivity index (χ0) is 11.1. The molecule has 0 unspecified atom stereocenters. The summed E-state index contributed by atoms with van der Waals surface area (Å²) < 4.78 is 0. The smallest absolute Gasteiger partial charge is 0.727 e. The van der Waals surface area contributed by atoms with E-state index >= 15 is 0 Å². The Balaban J connectivity index is 0. The van der Waals surface area contributed by atoms with E-state index in [4.69, 9.17) is 10.5 Å². The maximum atomic E-state index is 7.25. The molecule has 0 bridgehead atoms. The molecule has 0 aliphatic rings. The van der Waals surface area contributed by atoms with Gasteiger partial charge in [0.15, 0.2) is 0 Å². The van der Waals surface area contributed by atoms with Crippen LogP contribution in [0.5, 0.6) is 0 Å². The monoisotopic (exact) mass is 234 g/mol. The summed E-state index contributed by atoms with van der Waals surface area (Å²) >= 11 is 0. The largest absolute Gasteiger partial charge is 1.00 e. The van der Waals surface area contributed by atoms with Crippen molar-refractivity contribution in [1.82, 2.24) is 0 Å². The van der Waals surface area contributed by atoms with Crippen molar-refractivity contribution in [2.75, 3.05) is 0 Å². The Morgan fingerprint density at radius 1 is 0.867 bits per heavy atom. The SMILES string of the molecule is CC(C)c1ccccc1C(C)C.[K+].[O-]O. The maximum Gasteiger partial charge on any atom is 1.00 e. The van der Waals surface area contributed by atoms with Gasteiger partial charge in [-0.05, 0) is 23.0 Å². The molecule has 0 heterocycles. The van der Waals surface area contributed by atoms with Gasteiger partial charge in [-0.3, -0.25) is 0 Å². The summed E-state index contributed by atoms with van der Waals surface area (Å²) in [6.07, 6.45) is 0.